The Morgan fingerprint density at radius 3 is 3.03 bits per heavy atom. The van der Waals surface area contributed by atoms with E-state index in [1.54, 1.807) is 34.3 Å². The second-order valence-electron chi connectivity index (χ2n) is 7.98. The zero-order chi connectivity index (χ0) is 23.4. The molecule has 176 valence electrons. The van der Waals surface area contributed by atoms with Crippen LogP contribution >= 0.6 is 23.1 Å². The first-order chi connectivity index (χ1) is 16.0. The van der Waals surface area contributed by atoms with Gasteiger partial charge in [0.1, 0.15) is 10.6 Å². The zero-order valence-corrected chi connectivity index (χ0v) is 20.1. The molecule has 1 aliphatic rings. The van der Waals surface area contributed by atoms with E-state index in [0.717, 1.165) is 36.6 Å². The Morgan fingerprint density at radius 1 is 1.42 bits per heavy atom. The smallest absolute Gasteiger partial charge is 0.321 e. The number of furan rings is 1. The van der Waals surface area contributed by atoms with Crippen LogP contribution in [0.4, 0.5) is 4.79 Å². The fourth-order valence-corrected chi connectivity index (χ4v) is 6.04. The summed E-state index contributed by atoms with van der Waals surface area (Å²) in [4.78, 5) is 44.3. The molecule has 9 nitrogen and oxygen atoms in total. The summed E-state index contributed by atoms with van der Waals surface area (Å²) in [6.07, 6.45) is 4.44. The van der Waals surface area contributed by atoms with Gasteiger partial charge in [-0.05, 0) is 42.9 Å². The van der Waals surface area contributed by atoms with Crippen LogP contribution in [0.15, 0.2) is 32.8 Å². The Bertz CT molecular complexity index is 1200. The average molecular weight is 491 g/mol. The van der Waals surface area contributed by atoms with E-state index < -0.39 is 11.9 Å². The summed E-state index contributed by atoms with van der Waals surface area (Å²) in [6, 6.07) is 2.98. The van der Waals surface area contributed by atoms with Crippen molar-refractivity contribution in [2.45, 2.75) is 37.9 Å². The first kappa shape index (κ1) is 23.5. The largest absolute Gasteiger partial charge is 0.467 e. The minimum absolute atomic E-state index is 0.0596. The van der Waals surface area contributed by atoms with Gasteiger partial charge in [0.25, 0.3) is 5.56 Å². The van der Waals surface area contributed by atoms with Crippen LogP contribution in [0.2, 0.25) is 0 Å². The number of carbonyl (C=O) groups excluding carboxylic acids is 2. The Kier molecular flexibility index (Phi) is 7.51. The lowest BCUT2D eigenvalue weighted by Gasteiger charge is -2.17. The number of rotatable bonds is 8. The Labute approximate surface area is 198 Å². The third kappa shape index (κ3) is 5.48. The number of methoxy groups -OCH3 is 1. The maximum absolute atomic E-state index is 13.6. The molecule has 0 saturated carbocycles. The highest BCUT2D eigenvalue weighted by Crippen LogP contribution is 2.36. The van der Waals surface area contributed by atoms with Crippen molar-refractivity contribution in [1.29, 1.82) is 0 Å². The lowest BCUT2D eigenvalue weighted by molar-refractivity contribution is -0.117. The number of hydrogen-bond acceptors (Lipinski definition) is 8. The minimum Gasteiger partial charge on any atom is -0.467 e. The molecule has 11 heteroatoms. The van der Waals surface area contributed by atoms with E-state index in [9.17, 15) is 14.4 Å². The first-order valence-electron chi connectivity index (χ1n) is 10.7. The molecule has 2 N–H and O–H groups in total. The lowest BCUT2D eigenvalue weighted by Crippen LogP contribution is -2.41. The number of nitrogens with zero attached hydrogens (tertiary/aromatic N) is 2. The van der Waals surface area contributed by atoms with Gasteiger partial charge >= 0.3 is 6.03 Å². The summed E-state index contributed by atoms with van der Waals surface area (Å²) in [6.45, 7) is 3.09. The Morgan fingerprint density at radius 2 is 2.27 bits per heavy atom. The fraction of sp³-hybridized carbons (Fsp3) is 0.455. The van der Waals surface area contributed by atoms with Crippen molar-refractivity contribution in [2.24, 2.45) is 5.92 Å². The van der Waals surface area contributed by atoms with Crippen LogP contribution in [0.25, 0.3) is 10.2 Å². The second kappa shape index (κ2) is 10.5. The van der Waals surface area contributed by atoms with E-state index in [1.165, 1.54) is 12.0 Å². The highest BCUT2D eigenvalue weighted by molar-refractivity contribution is 7.99. The van der Waals surface area contributed by atoms with Gasteiger partial charge in [-0.3, -0.25) is 19.5 Å². The number of fused-ring (bicyclic) bond motifs is 3. The molecule has 3 aromatic rings. The van der Waals surface area contributed by atoms with E-state index in [1.807, 2.05) is 0 Å². The van der Waals surface area contributed by atoms with Gasteiger partial charge < -0.3 is 14.5 Å². The molecule has 0 radical (unpaired) electrons. The molecule has 3 amide bonds. The second-order valence-corrected chi connectivity index (χ2v) is 10.0. The third-order valence-corrected chi connectivity index (χ3v) is 7.58. The molecule has 1 atom stereocenters. The molecule has 4 rings (SSSR count). The summed E-state index contributed by atoms with van der Waals surface area (Å²) >= 11 is 2.69. The van der Waals surface area contributed by atoms with Gasteiger partial charge in [-0.15, -0.1) is 11.3 Å². The molecule has 0 aromatic carbocycles. The van der Waals surface area contributed by atoms with Crippen molar-refractivity contribution in [3.63, 3.8) is 0 Å². The van der Waals surface area contributed by atoms with E-state index in [-0.39, 0.29) is 17.9 Å². The van der Waals surface area contributed by atoms with Gasteiger partial charge in [-0.25, -0.2) is 9.78 Å². The van der Waals surface area contributed by atoms with Crippen molar-refractivity contribution in [3.05, 3.63) is 45.0 Å². The van der Waals surface area contributed by atoms with Crippen LogP contribution in [0.3, 0.4) is 0 Å². The van der Waals surface area contributed by atoms with Crippen LogP contribution in [-0.4, -0.2) is 47.5 Å². The maximum Gasteiger partial charge on any atom is 0.321 e. The molecular formula is C22H26N4O5S2. The third-order valence-electron chi connectivity index (χ3n) is 5.45. The van der Waals surface area contributed by atoms with E-state index in [2.05, 4.69) is 17.6 Å². The van der Waals surface area contributed by atoms with E-state index in [0.29, 0.717) is 40.2 Å². The highest BCUT2D eigenvalue weighted by Gasteiger charge is 2.25. The van der Waals surface area contributed by atoms with Crippen LogP contribution < -0.4 is 16.2 Å². The van der Waals surface area contributed by atoms with Crippen LogP contribution in [-0.2, 0) is 28.9 Å². The molecule has 0 bridgehead atoms. The topological polar surface area (TPSA) is 115 Å². The van der Waals surface area contributed by atoms with Gasteiger partial charge in [-0.1, -0.05) is 18.7 Å². The van der Waals surface area contributed by atoms with Crippen LogP contribution in [0.5, 0.6) is 0 Å². The summed E-state index contributed by atoms with van der Waals surface area (Å²) in [5.41, 5.74) is 0.990. The normalized spacial score (nSPS) is 15.4. The highest BCUT2D eigenvalue weighted by atomic mass is 32.2. The molecule has 1 aliphatic carbocycles. The van der Waals surface area contributed by atoms with Crippen molar-refractivity contribution in [2.75, 3.05) is 26.0 Å². The summed E-state index contributed by atoms with van der Waals surface area (Å²) < 4.78 is 11.9. The number of thiophene rings is 1. The SMILES string of the molecule is COCCNC(=O)NC(=O)CSc1nc2sc3c(c2c(=O)n1Cc1ccco1)CCC(C)C3. The summed E-state index contributed by atoms with van der Waals surface area (Å²) in [5, 5.41) is 5.91. The number of aromatic nitrogens is 2. The molecule has 3 aromatic heterocycles. The quantitative estimate of drug-likeness (QED) is 0.283. The number of thioether (sulfide) groups is 1. The lowest BCUT2D eigenvalue weighted by atomic mass is 9.89. The summed E-state index contributed by atoms with van der Waals surface area (Å²) in [5.74, 6) is 0.673. The minimum atomic E-state index is -0.589. The van der Waals surface area contributed by atoms with Gasteiger partial charge in [-0.2, -0.15) is 0 Å². The Hall–Kier alpha value is -2.63. The molecular weight excluding hydrogens is 464 g/mol. The van der Waals surface area contributed by atoms with Gasteiger partial charge in [0.15, 0.2) is 5.16 Å². The number of hydrogen-bond donors (Lipinski definition) is 2. The molecule has 0 aliphatic heterocycles. The molecule has 33 heavy (non-hydrogen) atoms. The number of ether oxygens (including phenoxy) is 1. The molecule has 1 unspecified atom stereocenters. The number of aryl methyl sites for hydroxylation is 1. The van der Waals surface area contributed by atoms with Crippen molar-refractivity contribution in [1.82, 2.24) is 20.2 Å². The van der Waals surface area contributed by atoms with Gasteiger partial charge in [0.2, 0.25) is 5.91 Å². The maximum atomic E-state index is 13.6. The van der Waals surface area contributed by atoms with E-state index >= 15 is 0 Å². The molecule has 0 saturated heterocycles. The number of carbonyl (C=O) groups is 2. The number of urea groups is 1. The molecule has 3 heterocycles. The van der Waals surface area contributed by atoms with Crippen LogP contribution in [0, 0.1) is 5.92 Å². The van der Waals surface area contributed by atoms with Crippen molar-refractivity contribution < 1.29 is 18.7 Å². The predicted molar refractivity (Wildman–Crippen MR) is 127 cm³/mol. The van der Waals surface area contributed by atoms with Gasteiger partial charge in [0.05, 0.1) is 30.6 Å². The molecule has 0 fully saturated rings. The number of imide groups is 1. The van der Waals surface area contributed by atoms with E-state index in [4.69, 9.17) is 14.1 Å². The number of amides is 3. The first-order valence-corrected chi connectivity index (χ1v) is 12.5. The molecule has 0 spiro atoms. The average Bonchev–Trinajstić information content (AvgIpc) is 3.41. The standard InChI is InChI=1S/C22H26N4O5S2/c1-13-5-6-15-16(10-13)33-19-18(15)20(28)26(11-14-4-3-8-31-14)22(25-19)32-12-17(27)24-21(29)23-7-9-30-2/h3-4,8,13H,5-7,9-12H2,1-2H3,(H2,23,24,27,29). The van der Waals surface area contributed by atoms with Crippen molar-refractivity contribution in [3.8, 4) is 0 Å². The Balaban J connectivity index is 1.59. The monoisotopic (exact) mass is 490 g/mol. The van der Waals surface area contributed by atoms with Crippen LogP contribution in [0.1, 0.15) is 29.5 Å². The zero-order valence-electron chi connectivity index (χ0n) is 18.5. The van der Waals surface area contributed by atoms with Crippen molar-refractivity contribution >= 4 is 45.3 Å². The number of nitrogens with one attached hydrogen (secondary N) is 2. The fourth-order valence-electron chi connectivity index (χ4n) is 3.82. The summed E-state index contributed by atoms with van der Waals surface area (Å²) in [7, 11) is 1.53. The van der Waals surface area contributed by atoms with Gasteiger partial charge in [0, 0.05) is 18.5 Å². The predicted octanol–water partition coefficient (Wildman–Crippen LogP) is 2.79.